The van der Waals surface area contributed by atoms with Crippen molar-refractivity contribution in [1.82, 2.24) is 0 Å². The number of rotatable bonds is 2. The van der Waals surface area contributed by atoms with Gasteiger partial charge in [0.15, 0.2) is 0 Å². The number of Topliss-reactive ketones (excluding diaryl/α,β-unsaturated/α-hetero) is 2. The SMILES string of the molecule is COC(=O)C12C3CC(=O)C4C3C3C1CC(=O)C3C42C(=O)OC. The lowest BCUT2D eigenvalue weighted by Crippen LogP contribution is -2.63. The zero-order chi connectivity index (χ0) is 15.6. The monoisotopic (exact) mass is 304 g/mol. The minimum absolute atomic E-state index is 0.0144. The van der Waals surface area contributed by atoms with E-state index in [1.165, 1.54) is 14.2 Å². The van der Waals surface area contributed by atoms with Crippen LogP contribution in [0.5, 0.6) is 0 Å². The van der Waals surface area contributed by atoms with E-state index in [4.69, 9.17) is 9.47 Å². The smallest absolute Gasteiger partial charge is 0.314 e. The van der Waals surface area contributed by atoms with E-state index in [-0.39, 0.29) is 35.2 Å². The maximum absolute atomic E-state index is 12.8. The maximum atomic E-state index is 12.8. The van der Waals surface area contributed by atoms with Gasteiger partial charge in [-0.2, -0.15) is 0 Å². The van der Waals surface area contributed by atoms with Gasteiger partial charge in [-0.15, -0.1) is 0 Å². The number of ether oxygens (including phenoxy) is 2. The molecule has 6 unspecified atom stereocenters. The molecule has 0 aliphatic heterocycles. The second-order valence-electron chi connectivity index (χ2n) is 7.39. The quantitative estimate of drug-likeness (QED) is 0.667. The molecular formula is C16H16O6. The van der Waals surface area contributed by atoms with Crippen LogP contribution in [0, 0.1) is 46.3 Å². The van der Waals surface area contributed by atoms with Gasteiger partial charge in [-0.25, -0.2) is 0 Å². The molecule has 0 amide bonds. The topological polar surface area (TPSA) is 86.7 Å². The number of carbonyl (C=O) groups is 4. The van der Waals surface area contributed by atoms with Crippen LogP contribution in [0.3, 0.4) is 0 Å². The van der Waals surface area contributed by atoms with Crippen LogP contribution < -0.4 is 0 Å². The molecule has 116 valence electrons. The van der Waals surface area contributed by atoms with Crippen molar-refractivity contribution in [2.45, 2.75) is 12.8 Å². The highest BCUT2D eigenvalue weighted by Gasteiger charge is 2.99. The summed E-state index contributed by atoms with van der Waals surface area (Å²) in [5.41, 5.74) is -2.30. The Morgan fingerprint density at radius 2 is 1.27 bits per heavy atom. The molecule has 0 radical (unpaired) electrons. The first-order valence-electron chi connectivity index (χ1n) is 7.71. The third-order valence-electron chi connectivity index (χ3n) is 7.56. The van der Waals surface area contributed by atoms with Gasteiger partial charge >= 0.3 is 11.9 Å². The summed E-state index contributed by atoms with van der Waals surface area (Å²) in [4.78, 5) is 50.5. The molecule has 0 aromatic rings. The van der Waals surface area contributed by atoms with Crippen molar-refractivity contribution < 1.29 is 28.7 Å². The molecule has 0 heterocycles. The fourth-order valence-corrected chi connectivity index (χ4v) is 7.71. The molecule has 6 atom stereocenters. The molecule has 6 nitrogen and oxygen atoms in total. The van der Waals surface area contributed by atoms with Crippen molar-refractivity contribution in [2.75, 3.05) is 14.2 Å². The summed E-state index contributed by atoms with van der Waals surface area (Å²) in [6.07, 6.45) is 0.661. The lowest BCUT2D eigenvalue weighted by molar-refractivity contribution is -0.194. The number of ketones is 2. The molecule has 6 saturated carbocycles. The Morgan fingerprint density at radius 1 is 0.864 bits per heavy atom. The largest absolute Gasteiger partial charge is 0.469 e. The molecule has 0 aromatic heterocycles. The van der Waals surface area contributed by atoms with Crippen LogP contribution in [0.2, 0.25) is 0 Å². The summed E-state index contributed by atoms with van der Waals surface area (Å²) >= 11 is 0. The Kier molecular flexibility index (Phi) is 1.91. The van der Waals surface area contributed by atoms with E-state index in [9.17, 15) is 19.2 Å². The molecular weight excluding hydrogens is 288 g/mol. The van der Waals surface area contributed by atoms with Gasteiger partial charge in [0.05, 0.1) is 19.6 Å². The Labute approximate surface area is 126 Å². The molecule has 0 N–H and O–H groups in total. The normalized spacial score (nSPS) is 55.4. The van der Waals surface area contributed by atoms with E-state index in [1.807, 2.05) is 0 Å². The van der Waals surface area contributed by atoms with Gasteiger partial charge in [0.2, 0.25) is 0 Å². The zero-order valence-electron chi connectivity index (χ0n) is 12.3. The summed E-state index contributed by atoms with van der Waals surface area (Å²) in [5, 5.41) is 0. The van der Waals surface area contributed by atoms with Crippen molar-refractivity contribution in [2.24, 2.45) is 46.3 Å². The zero-order valence-corrected chi connectivity index (χ0v) is 12.3. The fourth-order valence-electron chi connectivity index (χ4n) is 7.71. The van der Waals surface area contributed by atoms with Crippen molar-refractivity contribution in [3.8, 4) is 0 Å². The van der Waals surface area contributed by atoms with Crippen molar-refractivity contribution in [3.05, 3.63) is 0 Å². The van der Waals surface area contributed by atoms with Crippen LogP contribution in [0.25, 0.3) is 0 Å². The summed E-state index contributed by atoms with van der Waals surface area (Å²) in [6.45, 7) is 0. The van der Waals surface area contributed by atoms with E-state index in [0.717, 1.165) is 0 Å². The first-order chi connectivity index (χ1) is 10.5. The Balaban J connectivity index is 1.85. The molecule has 6 fully saturated rings. The van der Waals surface area contributed by atoms with Gasteiger partial charge in [0, 0.05) is 24.7 Å². The van der Waals surface area contributed by atoms with Crippen LogP contribution in [-0.2, 0) is 28.7 Å². The molecule has 6 rings (SSSR count). The molecule has 22 heavy (non-hydrogen) atoms. The third-order valence-corrected chi connectivity index (χ3v) is 7.56. The molecule has 0 saturated heterocycles. The molecule has 6 heteroatoms. The molecule has 6 aliphatic carbocycles. The van der Waals surface area contributed by atoms with E-state index in [1.54, 1.807) is 0 Å². The number of methoxy groups -OCH3 is 2. The second kappa shape index (κ2) is 3.29. The highest BCUT2D eigenvalue weighted by molar-refractivity contribution is 6.09. The van der Waals surface area contributed by atoms with E-state index in [0.29, 0.717) is 12.8 Å². The highest BCUT2D eigenvalue weighted by Crippen LogP contribution is 2.91. The van der Waals surface area contributed by atoms with Gasteiger partial charge in [-0.3, -0.25) is 19.2 Å². The third kappa shape index (κ3) is 0.787. The minimum Gasteiger partial charge on any atom is -0.469 e. The predicted octanol–water partition coefficient (Wildman–Crippen LogP) is -0.0112. The summed E-state index contributed by atoms with van der Waals surface area (Å²) < 4.78 is 10.1. The average Bonchev–Trinajstić information content (AvgIpc) is 3.25. The Morgan fingerprint density at radius 3 is 1.68 bits per heavy atom. The van der Waals surface area contributed by atoms with Gasteiger partial charge < -0.3 is 9.47 Å². The van der Waals surface area contributed by atoms with Gasteiger partial charge in [-0.1, -0.05) is 0 Å². The molecule has 0 spiro atoms. The van der Waals surface area contributed by atoms with E-state index < -0.39 is 34.6 Å². The lowest BCUT2D eigenvalue weighted by Gasteiger charge is -2.50. The summed E-state index contributed by atoms with van der Waals surface area (Å²) in [5.74, 6) is -2.37. The van der Waals surface area contributed by atoms with Crippen LogP contribution in [-0.4, -0.2) is 37.7 Å². The van der Waals surface area contributed by atoms with E-state index in [2.05, 4.69) is 0 Å². The highest BCUT2D eigenvalue weighted by atomic mass is 16.5. The van der Waals surface area contributed by atoms with Gasteiger partial charge in [-0.05, 0) is 23.7 Å². The fraction of sp³-hybridized carbons (Fsp3) is 0.750. The van der Waals surface area contributed by atoms with Crippen molar-refractivity contribution in [3.63, 3.8) is 0 Å². The molecule has 6 aliphatic rings. The minimum atomic E-state index is -1.29. The average molecular weight is 304 g/mol. The van der Waals surface area contributed by atoms with Crippen LogP contribution in [0.15, 0.2) is 0 Å². The van der Waals surface area contributed by atoms with Crippen LogP contribution in [0.1, 0.15) is 12.8 Å². The first kappa shape index (κ1) is 12.8. The predicted molar refractivity (Wildman–Crippen MR) is 69.1 cm³/mol. The van der Waals surface area contributed by atoms with Crippen LogP contribution in [0.4, 0.5) is 0 Å². The van der Waals surface area contributed by atoms with Crippen molar-refractivity contribution in [1.29, 1.82) is 0 Å². The van der Waals surface area contributed by atoms with Crippen molar-refractivity contribution >= 4 is 23.5 Å². The Bertz CT molecular complexity index is 642. The standard InChI is InChI=1S/C16H16O6/c1-21-13(19)15-5-3-7(17)11-9(5)10-6(15)4-8(18)12(10)16(11,15)14(20)22-2/h5-6,9-12H,3-4H2,1-2H3. The second-order valence-corrected chi connectivity index (χ2v) is 7.39. The molecule has 0 aromatic carbocycles. The lowest BCUT2D eigenvalue weighted by atomic mass is 9.49. The van der Waals surface area contributed by atoms with Crippen LogP contribution >= 0.6 is 0 Å². The number of esters is 2. The Hall–Kier alpha value is -1.72. The number of hydrogen-bond donors (Lipinski definition) is 0. The van der Waals surface area contributed by atoms with E-state index >= 15 is 0 Å². The maximum Gasteiger partial charge on any atom is 0.314 e. The van der Waals surface area contributed by atoms with Gasteiger partial charge in [0.1, 0.15) is 17.0 Å². The number of hydrogen-bond acceptors (Lipinski definition) is 6. The number of carbonyl (C=O) groups excluding carboxylic acids is 4. The first-order valence-corrected chi connectivity index (χ1v) is 7.71. The molecule has 8 bridgehead atoms. The summed E-state index contributed by atoms with van der Waals surface area (Å²) in [6, 6.07) is 0. The summed E-state index contributed by atoms with van der Waals surface area (Å²) in [7, 11) is 2.58. The van der Waals surface area contributed by atoms with Gasteiger partial charge in [0.25, 0.3) is 0 Å².